The Labute approximate surface area is 169 Å². The van der Waals surface area contributed by atoms with Crippen LogP contribution in [0.25, 0.3) is 10.9 Å². The fraction of sp³-hybridized carbons (Fsp3) is 0.348. The van der Waals surface area contributed by atoms with Gasteiger partial charge in [-0.1, -0.05) is 31.4 Å². The van der Waals surface area contributed by atoms with E-state index in [4.69, 9.17) is 9.72 Å². The third-order valence-electron chi connectivity index (χ3n) is 5.36. The molecule has 6 heteroatoms. The zero-order valence-corrected chi connectivity index (χ0v) is 16.5. The molecule has 1 heterocycles. The van der Waals surface area contributed by atoms with Crippen molar-refractivity contribution in [3.63, 3.8) is 0 Å². The summed E-state index contributed by atoms with van der Waals surface area (Å²) in [6.07, 6.45) is 7.18. The molecule has 29 heavy (non-hydrogen) atoms. The second-order valence-electron chi connectivity index (χ2n) is 7.34. The first-order chi connectivity index (χ1) is 14.2. The molecule has 0 amide bonds. The molecule has 1 fully saturated rings. The summed E-state index contributed by atoms with van der Waals surface area (Å²) in [7, 11) is 0. The minimum Gasteiger partial charge on any atom is -0.504 e. The molecule has 1 aromatic heterocycles. The lowest BCUT2D eigenvalue weighted by Gasteiger charge is -2.22. The highest BCUT2D eigenvalue weighted by molar-refractivity contribution is 5.81. The number of hydrogen-bond donors (Lipinski definition) is 1. The summed E-state index contributed by atoms with van der Waals surface area (Å²) in [5.41, 5.74) is 1.30. The van der Waals surface area contributed by atoms with Crippen LogP contribution < -0.4 is 10.3 Å². The molecular formula is C23H25N3O3. The quantitative estimate of drug-likeness (QED) is 0.653. The van der Waals surface area contributed by atoms with Gasteiger partial charge in [0.25, 0.3) is 5.56 Å². The lowest BCUT2D eigenvalue weighted by Crippen LogP contribution is -2.25. The number of hydrogen-bond acceptors (Lipinski definition) is 5. The van der Waals surface area contributed by atoms with Gasteiger partial charge in [-0.2, -0.15) is 9.78 Å². The summed E-state index contributed by atoms with van der Waals surface area (Å²) in [5.74, 6) is 1.44. The van der Waals surface area contributed by atoms with Gasteiger partial charge in [-0.05, 0) is 55.7 Å². The maximum atomic E-state index is 13.2. The van der Waals surface area contributed by atoms with E-state index in [0.29, 0.717) is 23.3 Å². The lowest BCUT2D eigenvalue weighted by atomic mass is 9.88. The van der Waals surface area contributed by atoms with Crippen molar-refractivity contribution >= 4 is 17.1 Å². The summed E-state index contributed by atoms with van der Waals surface area (Å²) in [4.78, 5) is 18.0. The van der Waals surface area contributed by atoms with Crippen molar-refractivity contribution in [2.45, 2.75) is 44.9 Å². The van der Waals surface area contributed by atoms with E-state index in [1.54, 1.807) is 30.5 Å². The van der Waals surface area contributed by atoms with Gasteiger partial charge in [0.05, 0.1) is 23.7 Å². The van der Waals surface area contributed by atoms with Crippen LogP contribution in [0.3, 0.4) is 0 Å². The standard InChI is InChI=1S/C23H25N3O3/c1-2-29-21-14-16(12-13-20(21)27)15-24-26-22(17-8-4-3-5-9-17)25-19-11-7-6-10-18(19)23(26)28/h6-7,10-15,17,27H,2-5,8-9H2,1H3. The molecule has 2 aromatic carbocycles. The highest BCUT2D eigenvalue weighted by Gasteiger charge is 2.22. The lowest BCUT2D eigenvalue weighted by molar-refractivity contribution is 0.318. The number of benzene rings is 2. The Morgan fingerprint density at radius 1 is 1.21 bits per heavy atom. The molecule has 1 aliphatic rings. The van der Waals surface area contributed by atoms with Gasteiger partial charge in [-0.3, -0.25) is 4.79 Å². The Morgan fingerprint density at radius 3 is 2.79 bits per heavy atom. The van der Waals surface area contributed by atoms with Gasteiger partial charge in [0.2, 0.25) is 0 Å². The predicted molar refractivity (Wildman–Crippen MR) is 114 cm³/mol. The second kappa shape index (κ2) is 8.47. The molecule has 0 aliphatic heterocycles. The van der Waals surface area contributed by atoms with E-state index in [2.05, 4.69) is 5.10 Å². The van der Waals surface area contributed by atoms with E-state index in [-0.39, 0.29) is 17.2 Å². The molecule has 0 saturated heterocycles. The number of phenols is 1. The Morgan fingerprint density at radius 2 is 2.00 bits per heavy atom. The second-order valence-corrected chi connectivity index (χ2v) is 7.34. The van der Waals surface area contributed by atoms with Crippen molar-refractivity contribution in [2.24, 2.45) is 5.10 Å². The van der Waals surface area contributed by atoms with Gasteiger partial charge < -0.3 is 9.84 Å². The number of para-hydroxylation sites is 1. The topological polar surface area (TPSA) is 76.7 Å². The van der Waals surface area contributed by atoms with E-state index in [9.17, 15) is 9.90 Å². The first kappa shape index (κ1) is 19.2. The summed E-state index contributed by atoms with van der Waals surface area (Å²) in [6.45, 7) is 2.31. The van der Waals surface area contributed by atoms with Crippen LogP contribution in [0.5, 0.6) is 11.5 Å². The Balaban J connectivity index is 1.79. The first-order valence-electron chi connectivity index (χ1n) is 10.2. The zero-order valence-electron chi connectivity index (χ0n) is 16.5. The average Bonchev–Trinajstić information content (AvgIpc) is 2.76. The summed E-state index contributed by atoms with van der Waals surface area (Å²) >= 11 is 0. The van der Waals surface area contributed by atoms with Crippen LogP contribution in [0, 0.1) is 0 Å². The number of aromatic nitrogens is 2. The molecule has 0 atom stereocenters. The Kier molecular flexibility index (Phi) is 5.60. The van der Waals surface area contributed by atoms with E-state index in [0.717, 1.165) is 37.1 Å². The third-order valence-corrected chi connectivity index (χ3v) is 5.36. The van der Waals surface area contributed by atoms with Crippen molar-refractivity contribution in [3.8, 4) is 11.5 Å². The van der Waals surface area contributed by atoms with Crippen molar-refractivity contribution in [1.29, 1.82) is 0 Å². The van der Waals surface area contributed by atoms with Gasteiger partial charge in [0.15, 0.2) is 11.5 Å². The van der Waals surface area contributed by atoms with Crippen LogP contribution in [0.4, 0.5) is 0 Å². The molecule has 3 aromatic rings. The van der Waals surface area contributed by atoms with Crippen LogP contribution in [0.1, 0.15) is 56.3 Å². The molecule has 0 radical (unpaired) electrons. The SMILES string of the molecule is CCOc1cc(C=Nn2c(C3CCCCC3)nc3ccccc3c2=O)ccc1O. The monoisotopic (exact) mass is 391 g/mol. The first-order valence-corrected chi connectivity index (χ1v) is 10.2. The van der Waals surface area contributed by atoms with Crippen molar-refractivity contribution in [2.75, 3.05) is 6.61 Å². The molecule has 1 saturated carbocycles. The number of phenolic OH excluding ortho intramolecular Hbond substituents is 1. The maximum absolute atomic E-state index is 13.2. The minimum absolute atomic E-state index is 0.0800. The van der Waals surface area contributed by atoms with Crippen LogP contribution in [-0.2, 0) is 0 Å². The highest BCUT2D eigenvalue weighted by Crippen LogP contribution is 2.32. The van der Waals surface area contributed by atoms with Crippen LogP contribution >= 0.6 is 0 Å². The smallest absolute Gasteiger partial charge is 0.282 e. The number of fused-ring (bicyclic) bond motifs is 1. The summed E-state index contributed by atoms with van der Waals surface area (Å²) in [6, 6.07) is 12.4. The minimum atomic E-state index is -0.156. The fourth-order valence-corrected chi connectivity index (χ4v) is 3.88. The highest BCUT2D eigenvalue weighted by atomic mass is 16.5. The van der Waals surface area contributed by atoms with Crippen LogP contribution in [-0.4, -0.2) is 27.6 Å². The van der Waals surface area contributed by atoms with E-state index in [1.807, 2.05) is 25.1 Å². The Bertz CT molecular complexity index is 1100. The summed E-state index contributed by atoms with van der Waals surface area (Å²) < 4.78 is 6.89. The van der Waals surface area contributed by atoms with Crippen molar-refractivity contribution in [3.05, 3.63) is 64.2 Å². The van der Waals surface area contributed by atoms with E-state index in [1.165, 1.54) is 11.1 Å². The molecule has 4 rings (SSSR count). The molecule has 1 aliphatic carbocycles. The summed E-state index contributed by atoms with van der Waals surface area (Å²) in [5, 5.41) is 15.0. The van der Waals surface area contributed by atoms with Gasteiger partial charge >= 0.3 is 0 Å². The Hall–Kier alpha value is -3.15. The van der Waals surface area contributed by atoms with Gasteiger partial charge in [-0.15, -0.1) is 0 Å². The van der Waals surface area contributed by atoms with Crippen LogP contribution in [0.15, 0.2) is 52.4 Å². The molecule has 1 N–H and O–H groups in total. The molecule has 0 bridgehead atoms. The zero-order chi connectivity index (χ0) is 20.2. The molecule has 0 spiro atoms. The van der Waals surface area contributed by atoms with E-state index >= 15 is 0 Å². The normalized spacial score (nSPS) is 15.2. The number of ether oxygens (including phenoxy) is 1. The number of aromatic hydroxyl groups is 1. The fourth-order valence-electron chi connectivity index (χ4n) is 3.88. The van der Waals surface area contributed by atoms with Gasteiger partial charge in [-0.25, -0.2) is 4.98 Å². The average molecular weight is 391 g/mol. The third kappa shape index (κ3) is 4.01. The van der Waals surface area contributed by atoms with Gasteiger partial charge in [0, 0.05) is 5.92 Å². The molecule has 0 unspecified atom stereocenters. The predicted octanol–water partition coefficient (Wildman–Crippen LogP) is 4.43. The number of nitrogens with zero attached hydrogens (tertiary/aromatic N) is 3. The van der Waals surface area contributed by atoms with E-state index < -0.39 is 0 Å². The van der Waals surface area contributed by atoms with Crippen molar-refractivity contribution < 1.29 is 9.84 Å². The van der Waals surface area contributed by atoms with Crippen LogP contribution in [0.2, 0.25) is 0 Å². The molecule has 6 nitrogen and oxygen atoms in total. The molecule has 150 valence electrons. The largest absolute Gasteiger partial charge is 0.504 e. The van der Waals surface area contributed by atoms with Gasteiger partial charge in [0.1, 0.15) is 5.82 Å². The number of rotatable bonds is 5. The van der Waals surface area contributed by atoms with Crippen molar-refractivity contribution in [1.82, 2.24) is 9.66 Å². The maximum Gasteiger partial charge on any atom is 0.282 e. The molecular weight excluding hydrogens is 366 g/mol.